The predicted molar refractivity (Wildman–Crippen MR) is 29.6 cm³/mol. The summed E-state index contributed by atoms with van der Waals surface area (Å²) in [5.74, 6) is 0. The molecule has 0 rings (SSSR count). The Bertz CT molecular complexity index is 94.9. The molecule has 49 valence electrons. The average Bonchev–Trinajstić information content (AvgIpc) is 0.722. The molecule has 0 unspecified atom stereocenters. The van der Waals surface area contributed by atoms with Crippen molar-refractivity contribution < 1.29 is 34.3 Å². The van der Waals surface area contributed by atoms with E-state index < -0.39 is 10.4 Å². The predicted octanol–water partition coefficient (Wildman–Crippen LogP) is -0.0373. The maximum atomic E-state index is 8.74. The Balaban J connectivity index is -0.0000000800. The van der Waals surface area contributed by atoms with Crippen LogP contribution in [0.25, 0.3) is 0 Å². The molecule has 1 radical (unpaired) electrons. The molecule has 4 nitrogen and oxygen atoms in total. The van der Waals surface area contributed by atoms with Crippen molar-refractivity contribution in [3.05, 3.63) is 0 Å². The SMILES string of the molecule is I.O=S(=O)(O)O.[Co]. The van der Waals surface area contributed by atoms with E-state index in [0.29, 0.717) is 0 Å². The molecular formula is H3CoIO4S. The molecule has 0 aromatic carbocycles. The molecule has 0 aromatic rings. The van der Waals surface area contributed by atoms with Crippen LogP contribution in [0.15, 0.2) is 0 Å². The maximum absolute atomic E-state index is 8.74. The largest absolute Gasteiger partial charge is 0.394 e. The summed E-state index contributed by atoms with van der Waals surface area (Å²) >= 11 is 0. The van der Waals surface area contributed by atoms with Crippen molar-refractivity contribution in [1.82, 2.24) is 0 Å². The first-order valence-electron chi connectivity index (χ1n) is 0.698. The Morgan fingerprint density at radius 1 is 1.14 bits per heavy atom. The second-order valence-electron chi connectivity index (χ2n) is 0.448. The van der Waals surface area contributed by atoms with E-state index in [2.05, 4.69) is 0 Å². The average molecular weight is 285 g/mol. The minimum Gasteiger partial charge on any atom is -0.264 e. The van der Waals surface area contributed by atoms with Gasteiger partial charge in [-0.15, -0.1) is 24.0 Å². The van der Waals surface area contributed by atoms with Crippen molar-refractivity contribution in [2.45, 2.75) is 0 Å². The van der Waals surface area contributed by atoms with E-state index in [1.807, 2.05) is 0 Å². The third kappa shape index (κ3) is 151. The van der Waals surface area contributed by atoms with Crippen molar-refractivity contribution >= 4 is 34.4 Å². The van der Waals surface area contributed by atoms with Gasteiger partial charge in [-0.2, -0.15) is 8.42 Å². The summed E-state index contributed by atoms with van der Waals surface area (Å²) in [7, 11) is -4.67. The van der Waals surface area contributed by atoms with Gasteiger partial charge in [0.05, 0.1) is 0 Å². The zero-order chi connectivity index (χ0) is 4.50. The zero-order valence-corrected chi connectivity index (χ0v) is 7.05. The van der Waals surface area contributed by atoms with Gasteiger partial charge >= 0.3 is 10.4 Å². The van der Waals surface area contributed by atoms with E-state index in [0.717, 1.165) is 0 Å². The topological polar surface area (TPSA) is 74.6 Å². The van der Waals surface area contributed by atoms with Crippen molar-refractivity contribution in [2.75, 3.05) is 0 Å². The van der Waals surface area contributed by atoms with Crippen LogP contribution in [0.5, 0.6) is 0 Å². The van der Waals surface area contributed by atoms with E-state index in [1.165, 1.54) is 0 Å². The Morgan fingerprint density at radius 3 is 1.14 bits per heavy atom. The Hall–Kier alpha value is 1.11. The summed E-state index contributed by atoms with van der Waals surface area (Å²) in [6.45, 7) is 0. The summed E-state index contributed by atoms with van der Waals surface area (Å²) in [6.07, 6.45) is 0. The van der Waals surface area contributed by atoms with Gasteiger partial charge in [0.2, 0.25) is 0 Å². The van der Waals surface area contributed by atoms with E-state index in [4.69, 9.17) is 17.5 Å². The standard InChI is InChI=1S/Co.HI.H2O4S/c;;1-5(2,3)4/h;1H;(H2,1,2,3,4). The van der Waals surface area contributed by atoms with Crippen LogP contribution in [0.3, 0.4) is 0 Å². The molecule has 0 atom stereocenters. The Labute approximate surface area is 68.5 Å². The van der Waals surface area contributed by atoms with Gasteiger partial charge in [-0.1, -0.05) is 0 Å². The van der Waals surface area contributed by atoms with E-state index in [1.54, 1.807) is 0 Å². The van der Waals surface area contributed by atoms with E-state index >= 15 is 0 Å². The number of halogens is 1. The fraction of sp³-hybridized carbons (Fsp3) is 0. The molecule has 0 saturated heterocycles. The van der Waals surface area contributed by atoms with Crippen LogP contribution in [0.4, 0.5) is 0 Å². The molecule has 7 heavy (non-hydrogen) atoms. The van der Waals surface area contributed by atoms with Crippen LogP contribution < -0.4 is 0 Å². The molecule has 0 bridgehead atoms. The minimum absolute atomic E-state index is 0. The van der Waals surface area contributed by atoms with Gasteiger partial charge < -0.3 is 0 Å². The first-order valence-corrected chi connectivity index (χ1v) is 2.10. The first kappa shape index (κ1) is 15.7. The monoisotopic (exact) mass is 285 g/mol. The normalized spacial score (nSPS) is 8.29. The van der Waals surface area contributed by atoms with E-state index in [-0.39, 0.29) is 40.8 Å². The van der Waals surface area contributed by atoms with Crippen LogP contribution in [0.2, 0.25) is 0 Å². The third-order valence-corrected chi connectivity index (χ3v) is 0. The smallest absolute Gasteiger partial charge is 0.264 e. The molecule has 0 heterocycles. The first-order chi connectivity index (χ1) is 2.00. The number of rotatable bonds is 0. The third-order valence-electron chi connectivity index (χ3n) is 0. The zero-order valence-electron chi connectivity index (χ0n) is 2.86. The van der Waals surface area contributed by atoms with E-state index in [9.17, 15) is 0 Å². The summed E-state index contributed by atoms with van der Waals surface area (Å²) in [5.41, 5.74) is 0. The van der Waals surface area contributed by atoms with Crippen LogP contribution in [0.1, 0.15) is 0 Å². The molecule has 0 amide bonds. The van der Waals surface area contributed by atoms with Crippen molar-refractivity contribution in [3.8, 4) is 0 Å². The Morgan fingerprint density at radius 2 is 1.14 bits per heavy atom. The molecule has 0 aliphatic heterocycles. The van der Waals surface area contributed by atoms with Crippen molar-refractivity contribution in [2.24, 2.45) is 0 Å². The Kier molecular flexibility index (Phi) is 11.8. The molecule has 0 aromatic heterocycles. The van der Waals surface area contributed by atoms with Gasteiger partial charge in [0, 0.05) is 16.8 Å². The molecule has 0 aliphatic rings. The van der Waals surface area contributed by atoms with Gasteiger partial charge in [-0.3, -0.25) is 9.11 Å². The number of hydrogen-bond donors (Lipinski definition) is 2. The van der Waals surface area contributed by atoms with Gasteiger partial charge in [0.15, 0.2) is 0 Å². The molecule has 0 aliphatic carbocycles. The van der Waals surface area contributed by atoms with Crippen molar-refractivity contribution in [1.29, 1.82) is 0 Å². The second kappa shape index (κ2) is 5.25. The second-order valence-corrected chi connectivity index (χ2v) is 1.34. The summed E-state index contributed by atoms with van der Waals surface area (Å²) in [5, 5.41) is 0. The van der Waals surface area contributed by atoms with Crippen molar-refractivity contribution in [3.63, 3.8) is 0 Å². The van der Waals surface area contributed by atoms with Gasteiger partial charge in [-0.25, -0.2) is 0 Å². The molecular weight excluding hydrogens is 282 g/mol. The fourth-order valence-corrected chi connectivity index (χ4v) is 0. The van der Waals surface area contributed by atoms with Gasteiger partial charge in [0.25, 0.3) is 0 Å². The molecule has 2 N–H and O–H groups in total. The summed E-state index contributed by atoms with van der Waals surface area (Å²) < 4.78 is 31.6. The van der Waals surface area contributed by atoms with Crippen LogP contribution in [-0.4, -0.2) is 17.5 Å². The fourth-order valence-electron chi connectivity index (χ4n) is 0. The van der Waals surface area contributed by atoms with Gasteiger partial charge in [0.1, 0.15) is 0 Å². The quantitative estimate of drug-likeness (QED) is 0.484. The molecule has 0 fully saturated rings. The molecule has 0 saturated carbocycles. The summed E-state index contributed by atoms with van der Waals surface area (Å²) in [4.78, 5) is 0. The number of hydrogen-bond acceptors (Lipinski definition) is 2. The molecule has 7 heteroatoms. The van der Waals surface area contributed by atoms with Crippen LogP contribution in [-0.2, 0) is 27.2 Å². The van der Waals surface area contributed by atoms with Gasteiger partial charge in [-0.05, 0) is 0 Å². The summed E-state index contributed by atoms with van der Waals surface area (Å²) in [6, 6.07) is 0. The van der Waals surface area contributed by atoms with Crippen LogP contribution in [0, 0.1) is 0 Å². The molecule has 0 spiro atoms. The minimum atomic E-state index is -4.67. The van der Waals surface area contributed by atoms with Crippen LogP contribution >= 0.6 is 24.0 Å². The maximum Gasteiger partial charge on any atom is 0.394 e.